The molecule has 2 aromatic rings. The Hall–Kier alpha value is -1.74. The van der Waals surface area contributed by atoms with Gasteiger partial charge in [-0.3, -0.25) is 0 Å². The van der Waals surface area contributed by atoms with E-state index in [0.717, 1.165) is 24.0 Å². The number of benzene rings is 2. The Labute approximate surface area is 93.8 Å². The molecule has 0 aliphatic carbocycles. The topological polar surface area (TPSA) is 32.7 Å². The van der Waals surface area contributed by atoms with Gasteiger partial charge >= 0.3 is 0 Å². The molecule has 16 heavy (non-hydrogen) atoms. The molecule has 0 saturated carbocycles. The Balaban J connectivity index is 2.39. The van der Waals surface area contributed by atoms with Crippen molar-refractivity contribution in [2.75, 3.05) is 18.5 Å². The first-order valence-corrected chi connectivity index (χ1v) is 5.38. The fourth-order valence-corrected chi connectivity index (χ4v) is 2.47. The minimum atomic E-state index is 0.531. The molecule has 1 heterocycles. The smallest absolute Gasteiger partial charge is 0.175 e. The highest BCUT2D eigenvalue weighted by atomic mass is 17.1. The zero-order valence-corrected chi connectivity index (χ0v) is 9.10. The Kier molecular flexibility index (Phi) is 2.01. The van der Waals surface area contributed by atoms with E-state index in [1.54, 1.807) is 0 Å². The molecule has 0 spiro atoms. The lowest BCUT2D eigenvalue weighted by molar-refractivity contribution is -0.136. The van der Waals surface area contributed by atoms with Crippen LogP contribution in [0.25, 0.3) is 10.8 Å². The molecule has 0 amide bonds. The van der Waals surface area contributed by atoms with Crippen LogP contribution < -0.4 is 9.79 Å². The summed E-state index contributed by atoms with van der Waals surface area (Å²) in [6.45, 7) is 1.02. The molecule has 1 N–H and O–H groups in total. The monoisotopic (exact) mass is 215 g/mol. The third-order valence-electron chi connectivity index (χ3n) is 3.30. The highest BCUT2D eigenvalue weighted by Gasteiger charge is 2.20. The summed E-state index contributed by atoms with van der Waals surface area (Å²) in [5.41, 5.74) is 2.50. The molecule has 0 fully saturated rings. The van der Waals surface area contributed by atoms with Gasteiger partial charge in [-0.15, -0.1) is 0 Å². The first kappa shape index (κ1) is 9.48. The van der Waals surface area contributed by atoms with Gasteiger partial charge in [-0.1, -0.05) is 24.3 Å². The highest BCUT2D eigenvalue weighted by molar-refractivity contribution is 5.96. The van der Waals surface area contributed by atoms with Crippen LogP contribution in [-0.4, -0.2) is 18.8 Å². The van der Waals surface area contributed by atoms with E-state index in [4.69, 9.17) is 5.26 Å². The molecule has 0 saturated heterocycles. The molecule has 2 aromatic carbocycles. The molecule has 0 radical (unpaired) electrons. The second-order valence-corrected chi connectivity index (χ2v) is 4.18. The van der Waals surface area contributed by atoms with Crippen LogP contribution in [-0.2, 0) is 6.42 Å². The minimum Gasteiger partial charge on any atom is -0.374 e. The molecule has 0 unspecified atom stereocenters. The summed E-state index contributed by atoms with van der Waals surface area (Å²) in [4.78, 5) is 6.66. The van der Waals surface area contributed by atoms with E-state index in [-0.39, 0.29) is 0 Å². The maximum Gasteiger partial charge on any atom is 0.175 e. The van der Waals surface area contributed by atoms with Gasteiger partial charge in [0.25, 0.3) is 0 Å². The molecule has 82 valence electrons. The zero-order chi connectivity index (χ0) is 11.1. The number of hydrogen-bond donors (Lipinski definition) is 1. The van der Waals surface area contributed by atoms with Crippen molar-refractivity contribution in [2.45, 2.75) is 6.42 Å². The van der Waals surface area contributed by atoms with Crippen LogP contribution in [0.2, 0.25) is 0 Å². The van der Waals surface area contributed by atoms with Crippen LogP contribution in [0, 0.1) is 0 Å². The van der Waals surface area contributed by atoms with Crippen LogP contribution in [0.4, 0.5) is 5.69 Å². The maximum atomic E-state index is 8.93. The quantitative estimate of drug-likeness (QED) is 0.586. The molecule has 1 aliphatic heterocycles. The summed E-state index contributed by atoms with van der Waals surface area (Å²) in [5.74, 6) is 0.531. The van der Waals surface area contributed by atoms with Crippen LogP contribution in [0.5, 0.6) is 5.75 Å². The first-order valence-electron chi connectivity index (χ1n) is 5.38. The predicted octanol–water partition coefficient (Wildman–Crippen LogP) is 2.68. The van der Waals surface area contributed by atoms with Crippen LogP contribution >= 0.6 is 0 Å². The van der Waals surface area contributed by atoms with E-state index in [9.17, 15) is 0 Å². The SMILES string of the molecule is CN1CCc2c1cc(OO)c1ccccc21. The lowest BCUT2D eigenvalue weighted by atomic mass is 10.0. The Morgan fingerprint density at radius 3 is 2.75 bits per heavy atom. The van der Waals surface area contributed by atoms with E-state index in [0.29, 0.717) is 5.75 Å². The van der Waals surface area contributed by atoms with E-state index in [2.05, 4.69) is 22.9 Å². The highest BCUT2D eigenvalue weighted by Crippen LogP contribution is 2.38. The molecule has 3 nitrogen and oxygen atoms in total. The third kappa shape index (κ3) is 1.18. The van der Waals surface area contributed by atoms with E-state index < -0.39 is 0 Å². The van der Waals surface area contributed by atoms with Gasteiger partial charge in [-0.05, 0) is 17.4 Å². The van der Waals surface area contributed by atoms with Crippen molar-refractivity contribution in [3.05, 3.63) is 35.9 Å². The fourth-order valence-electron chi connectivity index (χ4n) is 2.47. The fraction of sp³-hybridized carbons (Fsp3) is 0.231. The number of rotatable bonds is 1. The summed E-state index contributed by atoms with van der Waals surface area (Å²) in [6.07, 6.45) is 1.05. The van der Waals surface area contributed by atoms with E-state index in [1.807, 2.05) is 24.3 Å². The second-order valence-electron chi connectivity index (χ2n) is 4.18. The summed E-state index contributed by atoms with van der Waals surface area (Å²) in [7, 11) is 2.06. The van der Waals surface area contributed by atoms with Crippen molar-refractivity contribution in [3.8, 4) is 5.75 Å². The largest absolute Gasteiger partial charge is 0.374 e. The number of hydrogen-bond acceptors (Lipinski definition) is 3. The molecular formula is C13H13NO2. The number of likely N-dealkylation sites (N-methyl/N-ethyl adjacent to an activating group) is 1. The molecule has 3 heteroatoms. The number of anilines is 1. The lowest BCUT2D eigenvalue weighted by Gasteiger charge is -2.14. The first-order chi connectivity index (χ1) is 7.81. The Bertz CT molecular complexity index is 551. The lowest BCUT2D eigenvalue weighted by Crippen LogP contribution is -2.12. The standard InChI is InChI=1S/C13H13NO2/c1-14-7-6-10-9-4-2-3-5-11(9)13(16-15)8-12(10)14/h2-5,8,15H,6-7H2,1H3. The van der Waals surface area contributed by atoms with Gasteiger partial charge in [0, 0.05) is 30.7 Å². The predicted molar refractivity (Wildman–Crippen MR) is 64.2 cm³/mol. The summed E-state index contributed by atoms with van der Waals surface area (Å²) >= 11 is 0. The van der Waals surface area contributed by atoms with Crippen LogP contribution in [0.15, 0.2) is 30.3 Å². The maximum absolute atomic E-state index is 8.93. The van der Waals surface area contributed by atoms with Gasteiger partial charge in [0.2, 0.25) is 0 Å². The number of fused-ring (bicyclic) bond motifs is 3. The van der Waals surface area contributed by atoms with E-state index >= 15 is 0 Å². The number of nitrogens with zero attached hydrogens (tertiary/aromatic N) is 1. The van der Waals surface area contributed by atoms with Gasteiger partial charge < -0.3 is 9.79 Å². The van der Waals surface area contributed by atoms with Gasteiger partial charge in [-0.2, -0.15) is 0 Å². The molecule has 1 aliphatic rings. The van der Waals surface area contributed by atoms with Crippen LogP contribution in [0.1, 0.15) is 5.56 Å². The molecular weight excluding hydrogens is 202 g/mol. The van der Waals surface area contributed by atoms with Gasteiger partial charge in [-0.25, -0.2) is 5.26 Å². The Morgan fingerprint density at radius 1 is 1.25 bits per heavy atom. The van der Waals surface area contributed by atoms with Crippen molar-refractivity contribution < 1.29 is 10.1 Å². The summed E-state index contributed by atoms with van der Waals surface area (Å²) in [6, 6.07) is 9.93. The Morgan fingerprint density at radius 2 is 2.00 bits per heavy atom. The van der Waals surface area contributed by atoms with Crippen LogP contribution in [0.3, 0.4) is 0 Å². The van der Waals surface area contributed by atoms with Crippen molar-refractivity contribution >= 4 is 16.5 Å². The second kappa shape index (κ2) is 3.39. The van der Waals surface area contributed by atoms with Crippen molar-refractivity contribution in [1.82, 2.24) is 0 Å². The zero-order valence-electron chi connectivity index (χ0n) is 9.10. The van der Waals surface area contributed by atoms with E-state index in [1.165, 1.54) is 10.9 Å². The molecule has 0 aromatic heterocycles. The third-order valence-corrected chi connectivity index (χ3v) is 3.30. The van der Waals surface area contributed by atoms with Gasteiger partial charge in [0.15, 0.2) is 5.75 Å². The molecule has 0 bridgehead atoms. The molecule has 0 atom stereocenters. The average molecular weight is 215 g/mol. The summed E-state index contributed by atoms with van der Waals surface area (Å²) < 4.78 is 0. The normalized spacial score (nSPS) is 14.2. The van der Waals surface area contributed by atoms with Crippen molar-refractivity contribution in [1.29, 1.82) is 0 Å². The molecule has 3 rings (SSSR count). The van der Waals surface area contributed by atoms with Gasteiger partial charge in [0.05, 0.1) is 0 Å². The van der Waals surface area contributed by atoms with Crippen molar-refractivity contribution in [3.63, 3.8) is 0 Å². The average Bonchev–Trinajstić information content (AvgIpc) is 2.70. The van der Waals surface area contributed by atoms with Gasteiger partial charge in [0.1, 0.15) is 0 Å². The van der Waals surface area contributed by atoms with Crippen molar-refractivity contribution in [2.24, 2.45) is 0 Å². The minimum absolute atomic E-state index is 0.531. The summed E-state index contributed by atoms with van der Waals surface area (Å²) in [5, 5.41) is 11.1.